The lowest BCUT2D eigenvalue weighted by Crippen LogP contribution is -2.10. The van der Waals surface area contributed by atoms with Crippen molar-refractivity contribution in [2.24, 2.45) is 0 Å². The molecule has 0 aliphatic carbocycles. The van der Waals surface area contributed by atoms with Crippen LogP contribution >= 0.6 is 0 Å². The van der Waals surface area contributed by atoms with Crippen LogP contribution in [0, 0.1) is 0 Å². The molecule has 0 spiro atoms. The fourth-order valence-electron chi connectivity index (χ4n) is 3.25. The summed E-state index contributed by atoms with van der Waals surface area (Å²) in [6.07, 6.45) is 2.22. The van der Waals surface area contributed by atoms with Gasteiger partial charge in [-0.15, -0.1) is 0 Å². The predicted molar refractivity (Wildman–Crippen MR) is 124 cm³/mol. The van der Waals surface area contributed by atoms with E-state index in [0.29, 0.717) is 34.9 Å². The van der Waals surface area contributed by atoms with E-state index in [-0.39, 0.29) is 5.89 Å². The number of carboxylic acids is 1. The van der Waals surface area contributed by atoms with Gasteiger partial charge in [-0.1, -0.05) is 72.8 Å². The lowest BCUT2D eigenvalue weighted by Gasteiger charge is -2.05. The topological polar surface area (TPSA) is 102 Å². The Kier molecular flexibility index (Phi) is 6.61. The predicted octanol–water partition coefficient (Wildman–Crippen LogP) is 4.72. The standard InChI is InChI=1S/C26H20N2O5/c29-17-27-22(15-18-8-7-13-21(14-18)32-16-23(30)31)26-28-24(19-9-3-1-4-10-19)25(33-26)20-11-5-2-6-12-20/h1-15,17H,16H2,(H,27,29)(H,30,31). The maximum atomic E-state index is 11.3. The number of carboxylic acid groups (broad SMARTS) is 1. The number of hydrogen-bond acceptors (Lipinski definition) is 5. The molecule has 0 fully saturated rings. The van der Waals surface area contributed by atoms with Crippen molar-refractivity contribution in [3.05, 3.63) is 96.4 Å². The largest absolute Gasteiger partial charge is 0.482 e. The van der Waals surface area contributed by atoms with Gasteiger partial charge in [-0.05, 0) is 23.8 Å². The van der Waals surface area contributed by atoms with Crippen LogP contribution in [0.1, 0.15) is 11.5 Å². The summed E-state index contributed by atoms with van der Waals surface area (Å²) in [6.45, 7) is -0.451. The third-order valence-corrected chi connectivity index (χ3v) is 4.69. The molecule has 0 aliphatic rings. The maximum Gasteiger partial charge on any atom is 0.341 e. The van der Waals surface area contributed by atoms with Crippen molar-refractivity contribution < 1.29 is 23.8 Å². The zero-order valence-corrected chi connectivity index (χ0v) is 17.5. The number of amides is 1. The molecule has 3 aromatic carbocycles. The summed E-state index contributed by atoms with van der Waals surface area (Å²) in [5, 5.41) is 11.5. The maximum absolute atomic E-state index is 11.3. The summed E-state index contributed by atoms with van der Waals surface area (Å²) in [7, 11) is 0. The molecule has 7 heteroatoms. The summed E-state index contributed by atoms with van der Waals surface area (Å²) < 4.78 is 11.4. The number of carbonyl (C=O) groups is 2. The van der Waals surface area contributed by atoms with Gasteiger partial charge in [-0.3, -0.25) is 4.79 Å². The second kappa shape index (κ2) is 10.1. The minimum atomic E-state index is -1.07. The van der Waals surface area contributed by atoms with E-state index in [1.54, 1.807) is 30.3 Å². The van der Waals surface area contributed by atoms with Gasteiger partial charge < -0.3 is 19.6 Å². The van der Waals surface area contributed by atoms with Gasteiger partial charge in [0.2, 0.25) is 12.3 Å². The van der Waals surface area contributed by atoms with E-state index in [2.05, 4.69) is 10.3 Å². The fraction of sp³-hybridized carbons (Fsp3) is 0.0385. The van der Waals surface area contributed by atoms with Crippen LogP contribution in [0.2, 0.25) is 0 Å². The number of nitrogens with one attached hydrogen (secondary N) is 1. The van der Waals surface area contributed by atoms with Crippen LogP contribution in [-0.4, -0.2) is 29.1 Å². The first kappa shape index (κ1) is 21.6. The highest BCUT2D eigenvalue weighted by atomic mass is 16.5. The summed E-state index contributed by atoms with van der Waals surface area (Å²) in [5.74, 6) is 0.130. The molecule has 4 rings (SSSR count). The molecular weight excluding hydrogens is 420 g/mol. The van der Waals surface area contributed by atoms with E-state index in [9.17, 15) is 9.59 Å². The Bertz CT molecular complexity index is 1220. The molecule has 0 saturated heterocycles. The van der Waals surface area contributed by atoms with Gasteiger partial charge in [0.1, 0.15) is 17.1 Å². The zero-order chi connectivity index (χ0) is 23.0. The SMILES string of the molecule is O=CNC(=Cc1cccc(OCC(=O)O)c1)c1nc(-c2ccccc2)c(-c2ccccc2)o1. The van der Waals surface area contributed by atoms with Gasteiger partial charge in [-0.2, -0.15) is 0 Å². The molecule has 0 radical (unpaired) electrons. The number of ether oxygens (including phenoxy) is 1. The molecule has 1 heterocycles. The molecule has 4 aromatic rings. The highest BCUT2D eigenvalue weighted by Crippen LogP contribution is 2.34. The van der Waals surface area contributed by atoms with Crippen LogP contribution in [-0.2, 0) is 9.59 Å². The molecule has 0 saturated carbocycles. The van der Waals surface area contributed by atoms with Crippen LogP contribution in [0.15, 0.2) is 89.3 Å². The Morgan fingerprint density at radius 1 is 0.970 bits per heavy atom. The number of oxazole rings is 1. The highest BCUT2D eigenvalue weighted by Gasteiger charge is 2.19. The first-order valence-corrected chi connectivity index (χ1v) is 10.1. The monoisotopic (exact) mass is 440 g/mol. The molecule has 0 atom stereocenters. The normalized spacial score (nSPS) is 11.1. The molecule has 33 heavy (non-hydrogen) atoms. The summed E-state index contributed by atoms with van der Waals surface area (Å²) >= 11 is 0. The molecule has 1 aromatic heterocycles. The Morgan fingerprint density at radius 3 is 2.33 bits per heavy atom. The lowest BCUT2D eigenvalue weighted by molar-refractivity contribution is -0.139. The first-order chi connectivity index (χ1) is 16.1. The van der Waals surface area contributed by atoms with Crippen molar-refractivity contribution in [3.8, 4) is 28.3 Å². The number of benzene rings is 3. The van der Waals surface area contributed by atoms with Crippen molar-refractivity contribution >= 4 is 24.2 Å². The van der Waals surface area contributed by atoms with E-state index in [1.807, 2.05) is 60.7 Å². The summed E-state index contributed by atoms with van der Waals surface area (Å²) in [6, 6.07) is 26.1. The van der Waals surface area contributed by atoms with Crippen LogP contribution in [0.5, 0.6) is 5.75 Å². The summed E-state index contributed by atoms with van der Waals surface area (Å²) in [5.41, 5.74) is 3.39. The van der Waals surface area contributed by atoms with Gasteiger partial charge >= 0.3 is 5.97 Å². The third-order valence-electron chi connectivity index (χ3n) is 4.69. The van der Waals surface area contributed by atoms with E-state index >= 15 is 0 Å². The number of aliphatic carboxylic acids is 1. The molecule has 2 N–H and O–H groups in total. The van der Waals surface area contributed by atoms with Crippen molar-refractivity contribution in [1.29, 1.82) is 0 Å². The lowest BCUT2D eigenvalue weighted by atomic mass is 10.1. The molecule has 0 unspecified atom stereocenters. The zero-order valence-electron chi connectivity index (χ0n) is 17.5. The van der Waals surface area contributed by atoms with Crippen LogP contribution in [0.4, 0.5) is 0 Å². The van der Waals surface area contributed by atoms with Gasteiger partial charge in [0.05, 0.1) is 0 Å². The second-order valence-electron chi connectivity index (χ2n) is 7.00. The third kappa shape index (κ3) is 5.34. The minimum Gasteiger partial charge on any atom is -0.482 e. The van der Waals surface area contributed by atoms with E-state index in [1.165, 1.54) is 0 Å². The highest BCUT2D eigenvalue weighted by molar-refractivity contribution is 5.85. The van der Waals surface area contributed by atoms with Crippen LogP contribution < -0.4 is 10.1 Å². The fourth-order valence-corrected chi connectivity index (χ4v) is 3.25. The van der Waals surface area contributed by atoms with Crippen molar-refractivity contribution in [3.63, 3.8) is 0 Å². The Balaban J connectivity index is 1.77. The number of aromatic nitrogens is 1. The number of carbonyl (C=O) groups excluding carboxylic acids is 1. The molecule has 0 bridgehead atoms. The van der Waals surface area contributed by atoms with Gasteiger partial charge in [0.15, 0.2) is 12.4 Å². The van der Waals surface area contributed by atoms with Gasteiger partial charge in [-0.25, -0.2) is 9.78 Å². The van der Waals surface area contributed by atoms with E-state index in [4.69, 9.17) is 14.3 Å². The molecular formula is C26H20N2O5. The number of rotatable bonds is 9. The Labute approximate surface area is 190 Å². The average Bonchev–Trinajstić information content (AvgIpc) is 3.29. The minimum absolute atomic E-state index is 0.233. The van der Waals surface area contributed by atoms with Crippen LogP contribution in [0.25, 0.3) is 34.4 Å². The number of nitrogens with zero attached hydrogens (tertiary/aromatic N) is 1. The molecule has 7 nitrogen and oxygen atoms in total. The summed E-state index contributed by atoms with van der Waals surface area (Å²) in [4.78, 5) is 26.8. The average molecular weight is 440 g/mol. The second-order valence-corrected chi connectivity index (χ2v) is 7.00. The first-order valence-electron chi connectivity index (χ1n) is 10.1. The molecule has 0 aliphatic heterocycles. The molecule has 164 valence electrons. The van der Waals surface area contributed by atoms with E-state index < -0.39 is 12.6 Å². The van der Waals surface area contributed by atoms with Crippen molar-refractivity contribution in [1.82, 2.24) is 10.3 Å². The van der Waals surface area contributed by atoms with Crippen molar-refractivity contribution in [2.75, 3.05) is 6.61 Å². The smallest absolute Gasteiger partial charge is 0.341 e. The van der Waals surface area contributed by atoms with E-state index in [0.717, 1.165) is 11.1 Å². The Morgan fingerprint density at radius 2 is 1.67 bits per heavy atom. The van der Waals surface area contributed by atoms with Crippen LogP contribution in [0.3, 0.4) is 0 Å². The Hall–Kier alpha value is -4.65. The molecule has 1 amide bonds. The van der Waals surface area contributed by atoms with Crippen molar-refractivity contribution in [2.45, 2.75) is 0 Å². The van der Waals surface area contributed by atoms with Gasteiger partial charge in [0.25, 0.3) is 0 Å². The quantitative estimate of drug-likeness (QED) is 0.365. The number of hydrogen-bond donors (Lipinski definition) is 2. The van der Waals surface area contributed by atoms with Gasteiger partial charge in [0, 0.05) is 11.1 Å².